The van der Waals surface area contributed by atoms with Crippen molar-refractivity contribution in [3.63, 3.8) is 0 Å². The van der Waals surface area contributed by atoms with Crippen LogP contribution < -0.4 is 23.7 Å². The van der Waals surface area contributed by atoms with Gasteiger partial charge in [0.05, 0.1) is 20.3 Å². The SMILES string of the molecule is COc1c(COc2ccccc2OCCO)cc(C)cc1COc1ccccc1OCCO. The Hall–Kier alpha value is -3.42. The lowest BCUT2D eigenvalue weighted by molar-refractivity contribution is 0.191. The highest BCUT2D eigenvalue weighted by Crippen LogP contribution is 2.33. The van der Waals surface area contributed by atoms with Crippen molar-refractivity contribution in [2.75, 3.05) is 33.5 Å². The topological polar surface area (TPSA) is 86.6 Å². The van der Waals surface area contributed by atoms with Crippen molar-refractivity contribution in [3.05, 3.63) is 77.4 Å². The van der Waals surface area contributed by atoms with Crippen LogP contribution in [0.15, 0.2) is 60.7 Å². The van der Waals surface area contributed by atoms with Gasteiger partial charge in [0.1, 0.15) is 32.2 Å². The van der Waals surface area contributed by atoms with Gasteiger partial charge < -0.3 is 33.9 Å². The second kappa shape index (κ2) is 12.6. The minimum Gasteiger partial charge on any atom is -0.496 e. The zero-order chi connectivity index (χ0) is 23.5. The molecule has 0 spiro atoms. The van der Waals surface area contributed by atoms with Gasteiger partial charge in [-0.3, -0.25) is 0 Å². The van der Waals surface area contributed by atoms with Crippen molar-refractivity contribution in [1.82, 2.24) is 0 Å². The second-order valence-corrected chi connectivity index (χ2v) is 7.23. The highest BCUT2D eigenvalue weighted by Gasteiger charge is 2.14. The number of aryl methyl sites for hydroxylation is 1. The first kappa shape index (κ1) is 24.2. The fourth-order valence-corrected chi connectivity index (χ4v) is 3.40. The Labute approximate surface area is 194 Å². The lowest BCUT2D eigenvalue weighted by atomic mass is 10.1. The van der Waals surface area contributed by atoms with Crippen LogP contribution in [0.1, 0.15) is 16.7 Å². The lowest BCUT2D eigenvalue weighted by Gasteiger charge is -2.18. The Kier molecular flexibility index (Phi) is 9.23. The maximum atomic E-state index is 9.04. The molecule has 0 unspecified atom stereocenters. The first-order chi connectivity index (χ1) is 16.2. The number of methoxy groups -OCH3 is 1. The number of aliphatic hydroxyl groups excluding tert-OH is 2. The number of benzene rings is 3. The Morgan fingerprint density at radius 3 is 1.39 bits per heavy atom. The van der Waals surface area contributed by atoms with Gasteiger partial charge in [-0.2, -0.15) is 0 Å². The van der Waals surface area contributed by atoms with Gasteiger partial charge in [-0.15, -0.1) is 0 Å². The zero-order valence-corrected chi connectivity index (χ0v) is 19.0. The van der Waals surface area contributed by atoms with Crippen LogP contribution in [0.2, 0.25) is 0 Å². The maximum Gasteiger partial charge on any atom is 0.161 e. The summed E-state index contributed by atoms with van der Waals surface area (Å²) in [6.07, 6.45) is 0. The van der Waals surface area contributed by atoms with Crippen molar-refractivity contribution in [1.29, 1.82) is 0 Å². The van der Waals surface area contributed by atoms with Crippen LogP contribution in [-0.2, 0) is 13.2 Å². The van der Waals surface area contributed by atoms with E-state index in [0.717, 1.165) is 16.7 Å². The Balaban J connectivity index is 1.76. The third-order valence-corrected chi connectivity index (χ3v) is 4.75. The zero-order valence-electron chi connectivity index (χ0n) is 19.0. The molecule has 0 aromatic heterocycles. The Morgan fingerprint density at radius 2 is 1.03 bits per heavy atom. The van der Waals surface area contributed by atoms with Gasteiger partial charge in [0, 0.05) is 11.1 Å². The van der Waals surface area contributed by atoms with Crippen LogP contribution in [-0.4, -0.2) is 43.8 Å². The maximum absolute atomic E-state index is 9.04. The summed E-state index contributed by atoms with van der Waals surface area (Å²) in [7, 11) is 1.62. The predicted octanol–water partition coefficient (Wildman–Crippen LogP) is 3.90. The summed E-state index contributed by atoms with van der Waals surface area (Å²) < 4.78 is 28.9. The van der Waals surface area contributed by atoms with Crippen molar-refractivity contribution >= 4 is 0 Å². The van der Waals surface area contributed by atoms with E-state index in [1.54, 1.807) is 19.2 Å². The van der Waals surface area contributed by atoms with Crippen molar-refractivity contribution in [2.24, 2.45) is 0 Å². The molecule has 33 heavy (non-hydrogen) atoms. The number of aliphatic hydroxyl groups is 2. The van der Waals surface area contributed by atoms with E-state index in [-0.39, 0.29) is 39.6 Å². The van der Waals surface area contributed by atoms with Gasteiger partial charge in [0.2, 0.25) is 0 Å². The summed E-state index contributed by atoms with van der Waals surface area (Å²) in [5, 5.41) is 18.1. The van der Waals surface area contributed by atoms with E-state index in [9.17, 15) is 0 Å². The van der Waals surface area contributed by atoms with Gasteiger partial charge >= 0.3 is 0 Å². The molecule has 0 heterocycles. The fourth-order valence-electron chi connectivity index (χ4n) is 3.40. The second-order valence-electron chi connectivity index (χ2n) is 7.23. The van der Waals surface area contributed by atoms with Crippen molar-refractivity contribution in [2.45, 2.75) is 20.1 Å². The van der Waals surface area contributed by atoms with Gasteiger partial charge in [0.25, 0.3) is 0 Å². The monoisotopic (exact) mass is 454 g/mol. The van der Waals surface area contributed by atoms with Crippen molar-refractivity contribution < 1.29 is 33.9 Å². The molecule has 3 aromatic rings. The third-order valence-electron chi connectivity index (χ3n) is 4.75. The number of hydrogen-bond acceptors (Lipinski definition) is 7. The average Bonchev–Trinajstić information content (AvgIpc) is 2.84. The number of para-hydroxylation sites is 4. The van der Waals surface area contributed by atoms with E-state index in [0.29, 0.717) is 28.7 Å². The third kappa shape index (κ3) is 6.78. The van der Waals surface area contributed by atoms with E-state index in [1.807, 2.05) is 55.5 Å². The van der Waals surface area contributed by atoms with Crippen LogP contribution in [0, 0.1) is 6.92 Å². The predicted molar refractivity (Wildman–Crippen MR) is 124 cm³/mol. The smallest absolute Gasteiger partial charge is 0.161 e. The van der Waals surface area contributed by atoms with E-state index in [1.165, 1.54) is 0 Å². The largest absolute Gasteiger partial charge is 0.496 e. The summed E-state index contributed by atoms with van der Waals surface area (Å²) in [5.74, 6) is 3.00. The van der Waals surface area contributed by atoms with Crippen LogP contribution >= 0.6 is 0 Å². The molecule has 0 aliphatic rings. The molecule has 3 aromatic carbocycles. The molecule has 2 N–H and O–H groups in total. The number of ether oxygens (including phenoxy) is 5. The molecule has 7 heteroatoms. The van der Waals surface area contributed by atoms with Gasteiger partial charge in [0.15, 0.2) is 23.0 Å². The van der Waals surface area contributed by atoms with E-state index < -0.39 is 0 Å². The molecule has 0 radical (unpaired) electrons. The minimum atomic E-state index is -0.0719. The van der Waals surface area contributed by atoms with Gasteiger partial charge in [-0.25, -0.2) is 0 Å². The van der Waals surface area contributed by atoms with Crippen molar-refractivity contribution in [3.8, 4) is 28.7 Å². The highest BCUT2D eigenvalue weighted by molar-refractivity contribution is 5.46. The summed E-state index contributed by atoms with van der Waals surface area (Å²) >= 11 is 0. The fraction of sp³-hybridized carbons (Fsp3) is 0.308. The molecule has 0 amide bonds. The molecular formula is C26H30O7. The first-order valence-electron chi connectivity index (χ1n) is 10.7. The number of rotatable bonds is 13. The Bertz CT molecular complexity index is 943. The minimum absolute atomic E-state index is 0.0719. The van der Waals surface area contributed by atoms with Crippen LogP contribution in [0.4, 0.5) is 0 Å². The Morgan fingerprint density at radius 1 is 0.636 bits per heavy atom. The molecule has 7 nitrogen and oxygen atoms in total. The van der Waals surface area contributed by atoms with E-state index in [4.69, 9.17) is 33.9 Å². The number of hydrogen-bond donors (Lipinski definition) is 2. The molecule has 0 aliphatic heterocycles. The molecule has 0 atom stereocenters. The molecule has 176 valence electrons. The van der Waals surface area contributed by atoms with Crippen LogP contribution in [0.5, 0.6) is 28.7 Å². The van der Waals surface area contributed by atoms with Crippen LogP contribution in [0.25, 0.3) is 0 Å². The molecule has 0 aliphatic carbocycles. The summed E-state index contributed by atoms with van der Waals surface area (Å²) in [4.78, 5) is 0. The molecule has 0 fully saturated rings. The molecule has 0 saturated heterocycles. The molecular weight excluding hydrogens is 424 g/mol. The van der Waals surface area contributed by atoms with Crippen LogP contribution in [0.3, 0.4) is 0 Å². The molecule has 0 bridgehead atoms. The average molecular weight is 455 g/mol. The highest BCUT2D eigenvalue weighted by atomic mass is 16.5. The van der Waals surface area contributed by atoms with E-state index >= 15 is 0 Å². The molecule has 0 saturated carbocycles. The normalized spacial score (nSPS) is 10.5. The summed E-state index contributed by atoms with van der Waals surface area (Å²) in [6, 6.07) is 18.7. The quantitative estimate of drug-likeness (QED) is 0.405. The van der Waals surface area contributed by atoms with Gasteiger partial charge in [-0.1, -0.05) is 29.8 Å². The van der Waals surface area contributed by atoms with E-state index in [2.05, 4.69) is 0 Å². The first-order valence-corrected chi connectivity index (χ1v) is 10.7. The standard InChI is InChI=1S/C26H30O7/c1-19-15-20(17-32-24-9-5-3-7-22(24)30-13-11-27)26(29-2)21(16-19)18-33-25-10-6-4-8-23(25)31-14-12-28/h3-10,15-16,27-28H,11-14,17-18H2,1-2H3. The lowest BCUT2D eigenvalue weighted by Crippen LogP contribution is -2.07. The molecule has 3 rings (SSSR count). The summed E-state index contributed by atoms with van der Waals surface area (Å²) in [5.41, 5.74) is 2.79. The summed E-state index contributed by atoms with van der Waals surface area (Å²) in [6.45, 7) is 2.79. The van der Waals surface area contributed by atoms with Gasteiger partial charge in [-0.05, 0) is 43.3 Å².